The van der Waals surface area contributed by atoms with Crippen LogP contribution in [0.25, 0.3) is 11.3 Å². The molecular weight excluding hydrogens is 247 g/mol. The molecule has 0 aliphatic carbocycles. The third-order valence-corrected chi connectivity index (χ3v) is 4.25. The van der Waals surface area contributed by atoms with Gasteiger partial charge in [-0.25, -0.2) is 4.98 Å². The molecule has 0 radical (unpaired) electrons. The molecule has 1 aliphatic heterocycles. The maximum atomic E-state index is 4.62. The summed E-state index contributed by atoms with van der Waals surface area (Å²) in [5.74, 6) is 1.12. The second-order valence-electron chi connectivity index (χ2n) is 6.48. The molecular formula is C15H21BN4. The predicted octanol–water partition coefficient (Wildman–Crippen LogP) is 1.81. The molecule has 20 heavy (non-hydrogen) atoms. The zero-order valence-corrected chi connectivity index (χ0v) is 12.7. The molecule has 3 rings (SSSR count). The maximum Gasteiger partial charge on any atom is 0.132 e. The van der Waals surface area contributed by atoms with E-state index in [2.05, 4.69) is 48.8 Å². The van der Waals surface area contributed by atoms with Gasteiger partial charge in [0.05, 0.1) is 5.69 Å². The van der Waals surface area contributed by atoms with Crippen LogP contribution in [0.2, 0.25) is 5.31 Å². The monoisotopic (exact) mass is 268 g/mol. The van der Waals surface area contributed by atoms with Gasteiger partial charge >= 0.3 is 0 Å². The van der Waals surface area contributed by atoms with E-state index >= 15 is 0 Å². The largest absolute Gasteiger partial charge is 0.357 e. The van der Waals surface area contributed by atoms with Crippen molar-refractivity contribution in [1.29, 1.82) is 0 Å². The molecule has 1 fully saturated rings. The summed E-state index contributed by atoms with van der Waals surface area (Å²) in [5.41, 5.74) is 3.61. The minimum atomic E-state index is 0.386. The summed E-state index contributed by atoms with van der Waals surface area (Å²) >= 11 is 0. The Labute approximate surface area is 121 Å². The molecule has 1 aliphatic rings. The van der Waals surface area contributed by atoms with Gasteiger partial charge in [0.2, 0.25) is 0 Å². The number of anilines is 1. The normalized spacial score (nSPS) is 22.4. The topological polar surface area (TPSA) is 34.0 Å². The van der Waals surface area contributed by atoms with Crippen LogP contribution in [-0.4, -0.2) is 35.7 Å². The molecule has 104 valence electrons. The molecule has 0 N–H and O–H groups in total. The van der Waals surface area contributed by atoms with Crippen molar-refractivity contribution >= 4 is 13.7 Å². The average Bonchev–Trinajstić information content (AvgIpc) is 2.96. The van der Waals surface area contributed by atoms with Gasteiger partial charge in [0.1, 0.15) is 13.7 Å². The van der Waals surface area contributed by atoms with Crippen LogP contribution in [0.4, 0.5) is 5.82 Å². The lowest BCUT2D eigenvalue weighted by molar-refractivity contribution is 0.687. The highest BCUT2D eigenvalue weighted by atomic mass is 15.3. The van der Waals surface area contributed by atoms with Crippen LogP contribution in [0, 0.1) is 6.92 Å². The molecule has 1 unspecified atom stereocenters. The Morgan fingerprint density at radius 2 is 2.10 bits per heavy atom. The van der Waals surface area contributed by atoms with Gasteiger partial charge in [-0.15, -0.1) is 0 Å². The van der Waals surface area contributed by atoms with E-state index in [4.69, 9.17) is 0 Å². The van der Waals surface area contributed by atoms with Crippen LogP contribution in [0.5, 0.6) is 0 Å². The third kappa shape index (κ3) is 2.21. The van der Waals surface area contributed by atoms with Gasteiger partial charge < -0.3 is 4.90 Å². The van der Waals surface area contributed by atoms with Gasteiger partial charge in [-0.3, -0.25) is 4.68 Å². The Hall–Kier alpha value is -1.78. The van der Waals surface area contributed by atoms with E-state index in [1.807, 2.05) is 24.1 Å². The highest BCUT2D eigenvalue weighted by Gasteiger charge is 2.30. The van der Waals surface area contributed by atoms with E-state index < -0.39 is 0 Å². The Kier molecular flexibility index (Phi) is 3.07. The molecule has 0 amide bonds. The highest BCUT2D eigenvalue weighted by molar-refractivity contribution is 6.15. The van der Waals surface area contributed by atoms with Gasteiger partial charge in [-0.2, -0.15) is 5.10 Å². The number of aryl methyl sites for hydroxylation is 1. The van der Waals surface area contributed by atoms with Crippen LogP contribution in [0.1, 0.15) is 18.9 Å². The van der Waals surface area contributed by atoms with Crippen LogP contribution in [-0.2, 0) is 7.05 Å². The van der Waals surface area contributed by atoms with Crippen molar-refractivity contribution < 1.29 is 0 Å². The van der Waals surface area contributed by atoms with E-state index in [-0.39, 0.29) is 0 Å². The highest BCUT2D eigenvalue weighted by Crippen LogP contribution is 2.37. The lowest BCUT2D eigenvalue weighted by Crippen LogP contribution is -2.23. The summed E-state index contributed by atoms with van der Waals surface area (Å²) in [4.78, 5) is 7.03. The van der Waals surface area contributed by atoms with Gasteiger partial charge in [0.15, 0.2) is 0 Å². The number of rotatable bonds is 2. The van der Waals surface area contributed by atoms with Gasteiger partial charge in [0, 0.05) is 43.7 Å². The zero-order chi connectivity index (χ0) is 14.3. The first kappa shape index (κ1) is 13.2. The molecule has 0 spiro atoms. The minimum Gasteiger partial charge on any atom is -0.357 e. The average molecular weight is 268 g/mol. The molecule has 4 nitrogen and oxygen atoms in total. The van der Waals surface area contributed by atoms with Crippen molar-refractivity contribution in [3.63, 3.8) is 0 Å². The summed E-state index contributed by atoms with van der Waals surface area (Å²) in [6, 6.07) is 4.14. The standard InChI is InChI=1S/C15H21BN4/c1-11-12(13-5-8-18-19(13)3)4-7-17-14(11)20-9-6-15(2,16)10-20/h4-5,7-8H,6,9-10,16H2,1-3H3. The van der Waals surface area contributed by atoms with E-state index in [1.165, 1.54) is 17.5 Å². The van der Waals surface area contributed by atoms with E-state index in [0.717, 1.165) is 24.6 Å². The fourth-order valence-electron chi connectivity index (χ4n) is 3.05. The fraction of sp³-hybridized carbons (Fsp3) is 0.467. The van der Waals surface area contributed by atoms with Gasteiger partial charge in [0.25, 0.3) is 0 Å². The van der Waals surface area contributed by atoms with Crippen molar-refractivity contribution in [1.82, 2.24) is 14.8 Å². The van der Waals surface area contributed by atoms with Crippen LogP contribution in [0.15, 0.2) is 24.5 Å². The van der Waals surface area contributed by atoms with Crippen LogP contribution >= 0.6 is 0 Å². The number of aromatic nitrogens is 3. The Morgan fingerprint density at radius 1 is 1.30 bits per heavy atom. The molecule has 3 heterocycles. The molecule has 5 heteroatoms. The van der Waals surface area contributed by atoms with Crippen LogP contribution < -0.4 is 4.90 Å². The van der Waals surface area contributed by atoms with Gasteiger partial charge in [-0.05, 0) is 30.8 Å². The maximum absolute atomic E-state index is 4.62. The molecule has 2 aromatic rings. The number of nitrogens with zero attached hydrogens (tertiary/aromatic N) is 4. The van der Waals surface area contributed by atoms with Crippen molar-refractivity contribution in [2.45, 2.75) is 25.6 Å². The first-order chi connectivity index (χ1) is 9.48. The van der Waals surface area contributed by atoms with Crippen molar-refractivity contribution in [3.05, 3.63) is 30.1 Å². The van der Waals surface area contributed by atoms with Crippen LogP contribution in [0.3, 0.4) is 0 Å². The van der Waals surface area contributed by atoms with Crippen molar-refractivity contribution in [2.24, 2.45) is 7.05 Å². The molecule has 0 saturated carbocycles. The number of hydrogen-bond acceptors (Lipinski definition) is 3. The van der Waals surface area contributed by atoms with E-state index in [0.29, 0.717) is 5.31 Å². The number of hydrogen-bond donors (Lipinski definition) is 0. The van der Waals surface area contributed by atoms with Crippen molar-refractivity contribution in [2.75, 3.05) is 18.0 Å². The quantitative estimate of drug-likeness (QED) is 0.779. The van der Waals surface area contributed by atoms with E-state index in [1.54, 1.807) is 0 Å². The fourth-order valence-corrected chi connectivity index (χ4v) is 3.05. The van der Waals surface area contributed by atoms with Gasteiger partial charge in [-0.1, -0.05) is 6.92 Å². The summed E-state index contributed by atoms with van der Waals surface area (Å²) < 4.78 is 1.92. The smallest absolute Gasteiger partial charge is 0.132 e. The predicted molar refractivity (Wildman–Crippen MR) is 84.9 cm³/mol. The molecule has 0 aromatic carbocycles. The van der Waals surface area contributed by atoms with Crippen molar-refractivity contribution in [3.8, 4) is 11.3 Å². The summed E-state index contributed by atoms with van der Waals surface area (Å²) in [6.45, 7) is 6.66. The Bertz CT molecular complexity index is 633. The number of pyridine rings is 1. The molecule has 0 bridgehead atoms. The summed E-state index contributed by atoms with van der Waals surface area (Å²) in [6.07, 6.45) is 4.98. The summed E-state index contributed by atoms with van der Waals surface area (Å²) in [7, 11) is 4.31. The lowest BCUT2D eigenvalue weighted by atomic mass is 9.70. The second kappa shape index (κ2) is 4.65. The molecule has 1 saturated heterocycles. The summed E-state index contributed by atoms with van der Waals surface area (Å²) in [5, 5.41) is 4.65. The van der Waals surface area contributed by atoms with E-state index in [9.17, 15) is 0 Å². The first-order valence-electron chi connectivity index (χ1n) is 7.17. The minimum absolute atomic E-state index is 0.386. The Morgan fingerprint density at radius 3 is 2.70 bits per heavy atom. The second-order valence-corrected chi connectivity index (χ2v) is 6.48. The molecule has 2 aromatic heterocycles. The Balaban J connectivity index is 2.01. The molecule has 1 atom stereocenters. The first-order valence-corrected chi connectivity index (χ1v) is 7.17. The third-order valence-electron chi connectivity index (χ3n) is 4.25. The SMILES string of the molecule is BC1(C)CCN(c2nccc(-c3ccnn3C)c2C)C1. The lowest BCUT2D eigenvalue weighted by Gasteiger charge is -2.23. The zero-order valence-electron chi connectivity index (χ0n) is 12.7.